The van der Waals surface area contributed by atoms with Gasteiger partial charge in [0.2, 0.25) is 0 Å². The Hall–Kier alpha value is -2.21. The first-order chi connectivity index (χ1) is 13.7. The summed E-state index contributed by atoms with van der Waals surface area (Å²) in [6.45, 7) is 12.7. The Morgan fingerprint density at radius 3 is 1.66 bits per heavy atom. The molecule has 0 fully saturated rings. The highest BCUT2D eigenvalue weighted by Crippen LogP contribution is 2.49. The summed E-state index contributed by atoms with van der Waals surface area (Å²) in [6.07, 6.45) is 2.86. The van der Waals surface area contributed by atoms with Crippen LogP contribution >= 0.6 is 7.60 Å². The van der Waals surface area contributed by atoms with Gasteiger partial charge in [-0.1, -0.05) is 30.9 Å². The highest BCUT2D eigenvalue weighted by atomic mass is 31.2. The van der Waals surface area contributed by atoms with E-state index in [2.05, 4.69) is 13.2 Å². The second kappa shape index (κ2) is 12.4. The summed E-state index contributed by atoms with van der Waals surface area (Å²) in [5, 5.41) is 0.522. The normalized spacial score (nSPS) is 11.0. The van der Waals surface area contributed by atoms with Gasteiger partial charge in [-0.15, -0.1) is 0 Å². The number of benzene rings is 1. The molecule has 0 radical (unpaired) electrons. The summed E-state index contributed by atoms with van der Waals surface area (Å²) < 4.78 is 34.7. The number of rotatable bonds is 13. The van der Waals surface area contributed by atoms with E-state index < -0.39 is 19.5 Å². The lowest BCUT2D eigenvalue weighted by molar-refractivity contribution is -0.138. The molecule has 0 bridgehead atoms. The smallest absolute Gasteiger partial charge is 0.361 e. The van der Waals surface area contributed by atoms with E-state index in [1.807, 2.05) is 32.9 Å². The Labute approximate surface area is 172 Å². The molecule has 0 aliphatic carbocycles. The van der Waals surface area contributed by atoms with Crippen LogP contribution in [0.1, 0.15) is 29.5 Å². The quantitative estimate of drug-likeness (QED) is 0.206. The van der Waals surface area contributed by atoms with Gasteiger partial charge in [-0.05, 0) is 31.9 Å². The molecule has 0 heterocycles. The van der Waals surface area contributed by atoms with Crippen LogP contribution in [0, 0.1) is 20.8 Å². The zero-order chi connectivity index (χ0) is 21.9. The molecule has 160 valence electrons. The van der Waals surface area contributed by atoms with Crippen LogP contribution in [-0.4, -0.2) is 38.4 Å². The largest absolute Gasteiger partial charge is 0.462 e. The molecule has 7 nitrogen and oxygen atoms in total. The Morgan fingerprint density at radius 1 is 0.862 bits per heavy atom. The molecule has 1 aromatic rings. The summed E-state index contributed by atoms with van der Waals surface area (Å²) in [4.78, 5) is 22.2. The van der Waals surface area contributed by atoms with Crippen molar-refractivity contribution in [2.75, 3.05) is 26.4 Å². The lowest BCUT2D eigenvalue weighted by atomic mass is 10.1. The second-order valence-corrected chi connectivity index (χ2v) is 8.32. The topological polar surface area (TPSA) is 88.1 Å². The molecule has 0 aromatic heterocycles. The third-order valence-corrected chi connectivity index (χ3v) is 6.13. The molecule has 1 rings (SSSR count). The number of carbonyl (C=O) groups is 2. The SMILES string of the molecule is C=CC(=O)OCCCOP(=O)(OCCCOC(=O)C=C)c1c(C)cc(C)cc1C. The average molecular weight is 424 g/mol. The van der Waals surface area contributed by atoms with E-state index in [1.54, 1.807) is 0 Å². The van der Waals surface area contributed by atoms with Gasteiger partial charge >= 0.3 is 19.5 Å². The summed E-state index contributed by atoms with van der Waals surface area (Å²) in [6, 6.07) is 3.83. The van der Waals surface area contributed by atoms with Gasteiger partial charge in [-0.25, -0.2) is 9.59 Å². The van der Waals surface area contributed by atoms with E-state index in [-0.39, 0.29) is 26.4 Å². The van der Waals surface area contributed by atoms with E-state index >= 15 is 0 Å². The molecule has 0 spiro atoms. The lowest BCUT2D eigenvalue weighted by Crippen LogP contribution is -2.19. The van der Waals surface area contributed by atoms with Crippen molar-refractivity contribution in [1.29, 1.82) is 0 Å². The van der Waals surface area contributed by atoms with Crippen molar-refractivity contribution < 1.29 is 32.7 Å². The number of hydrogen-bond acceptors (Lipinski definition) is 7. The maximum absolute atomic E-state index is 13.6. The summed E-state index contributed by atoms with van der Waals surface area (Å²) in [5.74, 6) is -1.05. The van der Waals surface area contributed by atoms with Crippen molar-refractivity contribution in [2.45, 2.75) is 33.6 Å². The molecule has 0 saturated carbocycles. The molecule has 0 amide bonds. The van der Waals surface area contributed by atoms with E-state index in [4.69, 9.17) is 18.5 Å². The molecular formula is C21H29O7P. The van der Waals surface area contributed by atoms with Gasteiger partial charge in [0, 0.05) is 25.0 Å². The predicted molar refractivity (Wildman–Crippen MR) is 111 cm³/mol. The van der Waals surface area contributed by atoms with Crippen LogP contribution in [0.15, 0.2) is 37.4 Å². The fourth-order valence-corrected chi connectivity index (χ4v) is 4.79. The maximum atomic E-state index is 13.6. The van der Waals surface area contributed by atoms with Gasteiger partial charge in [0.15, 0.2) is 0 Å². The van der Waals surface area contributed by atoms with E-state index in [0.29, 0.717) is 18.1 Å². The van der Waals surface area contributed by atoms with Crippen molar-refractivity contribution in [3.05, 3.63) is 54.1 Å². The molecule has 0 saturated heterocycles. The van der Waals surface area contributed by atoms with Gasteiger partial charge in [0.25, 0.3) is 0 Å². The third-order valence-electron chi connectivity index (χ3n) is 3.83. The minimum atomic E-state index is -3.63. The van der Waals surface area contributed by atoms with Crippen LogP contribution in [0.2, 0.25) is 0 Å². The Bertz CT molecular complexity index is 728. The van der Waals surface area contributed by atoms with Gasteiger partial charge in [-0.2, -0.15) is 0 Å². The summed E-state index contributed by atoms with van der Waals surface area (Å²) in [7, 11) is -3.63. The van der Waals surface area contributed by atoms with Gasteiger partial charge < -0.3 is 18.5 Å². The van der Waals surface area contributed by atoms with Crippen LogP contribution in [0.25, 0.3) is 0 Å². The fourth-order valence-electron chi connectivity index (χ4n) is 2.72. The number of aryl methyl sites for hydroxylation is 3. The van der Waals surface area contributed by atoms with Crippen LogP contribution < -0.4 is 5.30 Å². The van der Waals surface area contributed by atoms with Crippen LogP contribution in [0.5, 0.6) is 0 Å². The highest BCUT2D eigenvalue weighted by Gasteiger charge is 2.31. The zero-order valence-electron chi connectivity index (χ0n) is 17.3. The standard InChI is InChI=1S/C21H29O7P/c1-6-19(22)25-10-8-12-27-29(24,28-13-9-11-26-20(23)7-2)21-17(4)14-16(3)15-18(21)5/h6-7,14-15H,1-2,8-13H2,3-5H3. The molecule has 8 heteroatoms. The highest BCUT2D eigenvalue weighted by molar-refractivity contribution is 7.62. The average Bonchev–Trinajstić information content (AvgIpc) is 2.66. The number of hydrogen-bond donors (Lipinski definition) is 0. The number of esters is 2. The molecular weight excluding hydrogens is 395 g/mol. The van der Waals surface area contributed by atoms with Crippen molar-refractivity contribution >= 4 is 24.8 Å². The fraction of sp³-hybridized carbons (Fsp3) is 0.429. The number of ether oxygens (including phenoxy) is 2. The van der Waals surface area contributed by atoms with Crippen LogP contribution in [0.4, 0.5) is 0 Å². The second-order valence-electron chi connectivity index (χ2n) is 6.36. The minimum Gasteiger partial charge on any atom is -0.462 e. The van der Waals surface area contributed by atoms with Gasteiger partial charge in [0.1, 0.15) is 0 Å². The van der Waals surface area contributed by atoms with Crippen molar-refractivity contribution in [3.63, 3.8) is 0 Å². The first kappa shape index (κ1) is 24.8. The van der Waals surface area contributed by atoms with Gasteiger partial charge in [0.05, 0.1) is 31.7 Å². The Balaban J connectivity index is 2.81. The minimum absolute atomic E-state index is 0.0832. The first-order valence-electron chi connectivity index (χ1n) is 9.29. The molecule has 0 aliphatic rings. The number of carbonyl (C=O) groups excluding carboxylic acids is 2. The molecule has 0 N–H and O–H groups in total. The first-order valence-corrected chi connectivity index (χ1v) is 10.8. The molecule has 1 aromatic carbocycles. The van der Waals surface area contributed by atoms with Crippen molar-refractivity contribution in [1.82, 2.24) is 0 Å². The maximum Gasteiger partial charge on any atom is 0.361 e. The predicted octanol–water partition coefficient (Wildman–Crippen LogP) is 3.70. The van der Waals surface area contributed by atoms with E-state index in [9.17, 15) is 14.2 Å². The van der Waals surface area contributed by atoms with Crippen molar-refractivity contribution in [3.8, 4) is 0 Å². The lowest BCUT2D eigenvalue weighted by Gasteiger charge is -2.22. The Morgan fingerprint density at radius 2 is 1.28 bits per heavy atom. The van der Waals surface area contributed by atoms with Crippen LogP contribution in [-0.2, 0) is 32.7 Å². The van der Waals surface area contributed by atoms with Crippen LogP contribution in [0.3, 0.4) is 0 Å². The monoisotopic (exact) mass is 424 g/mol. The summed E-state index contributed by atoms with van der Waals surface area (Å²) >= 11 is 0. The zero-order valence-corrected chi connectivity index (χ0v) is 18.2. The molecule has 29 heavy (non-hydrogen) atoms. The molecule has 0 unspecified atom stereocenters. The molecule has 0 atom stereocenters. The van der Waals surface area contributed by atoms with Crippen molar-refractivity contribution in [2.24, 2.45) is 0 Å². The van der Waals surface area contributed by atoms with Gasteiger partial charge in [-0.3, -0.25) is 4.57 Å². The Kier molecular flexibility index (Phi) is 10.6. The summed E-state index contributed by atoms with van der Waals surface area (Å²) in [5.41, 5.74) is 2.66. The van der Waals surface area contributed by atoms with E-state index in [0.717, 1.165) is 28.8 Å². The third kappa shape index (κ3) is 8.36. The molecule has 0 aliphatic heterocycles. The van der Waals surface area contributed by atoms with E-state index in [1.165, 1.54) is 0 Å².